The van der Waals surface area contributed by atoms with Gasteiger partial charge in [0, 0.05) is 18.9 Å². The average Bonchev–Trinajstić information content (AvgIpc) is 3.04. The number of amides is 1. The molecule has 9 heteroatoms. The molecule has 0 fully saturated rings. The topological polar surface area (TPSA) is 93.1 Å². The van der Waals surface area contributed by atoms with Crippen molar-refractivity contribution in [1.82, 2.24) is 9.78 Å². The molecule has 134 valence electrons. The quantitative estimate of drug-likeness (QED) is 0.718. The Labute approximate surface area is 149 Å². The van der Waals surface area contributed by atoms with Gasteiger partial charge in [-0.05, 0) is 36.4 Å². The van der Waals surface area contributed by atoms with Gasteiger partial charge in [0.2, 0.25) is 0 Å². The van der Waals surface area contributed by atoms with Crippen molar-refractivity contribution in [2.45, 2.75) is 4.90 Å². The zero-order valence-electron chi connectivity index (χ0n) is 13.7. The zero-order chi connectivity index (χ0) is 18.7. The lowest BCUT2D eigenvalue weighted by Crippen LogP contribution is -2.18. The number of aromatic nitrogens is 2. The molecule has 1 aromatic heterocycles. The number of rotatable bonds is 5. The number of nitrogens with zero attached hydrogens (tertiary/aromatic N) is 2. The molecule has 0 unspecified atom stereocenters. The summed E-state index contributed by atoms with van der Waals surface area (Å²) in [6.07, 6.45) is 2.56. The number of anilines is 2. The minimum absolute atomic E-state index is 0.0197. The van der Waals surface area contributed by atoms with E-state index in [1.807, 2.05) is 0 Å². The summed E-state index contributed by atoms with van der Waals surface area (Å²) in [6.45, 7) is 0. The van der Waals surface area contributed by atoms with Crippen LogP contribution in [0.15, 0.2) is 65.8 Å². The second-order valence-electron chi connectivity index (χ2n) is 5.46. The van der Waals surface area contributed by atoms with Crippen LogP contribution in [0, 0.1) is 5.82 Å². The van der Waals surface area contributed by atoms with Gasteiger partial charge >= 0.3 is 0 Å². The third-order valence-corrected chi connectivity index (χ3v) is 4.83. The lowest BCUT2D eigenvalue weighted by atomic mass is 10.1. The van der Waals surface area contributed by atoms with Gasteiger partial charge in [0.1, 0.15) is 10.7 Å². The lowest BCUT2D eigenvalue weighted by molar-refractivity contribution is 0.102. The molecule has 1 amide bonds. The third-order valence-electron chi connectivity index (χ3n) is 3.51. The molecule has 2 N–H and O–H groups in total. The number of aryl methyl sites for hydroxylation is 1. The second kappa shape index (κ2) is 6.96. The maximum absolute atomic E-state index is 13.0. The van der Waals surface area contributed by atoms with Crippen LogP contribution in [0.5, 0.6) is 0 Å². The van der Waals surface area contributed by atoms with Crippen LogP contribution in [0.25, 0.3) is 0 Å². The number of halogens is 1. The lowest BCUT2D eigenvalue weighted by Gasteiger charge is -2.12. The molecule has 0 aliphatic carbocycles. The highest BCUT2D eigenvalue weighted by atomic mass is 32.2. The average molecular weight is 374 g/mol. The molecule has 2 aromatic carbocycles. The summed E-state index contributed by atoms with van der Waals surface area (Å²) in [5, 5.41) is 6.43. The van der Waals surface area contributed by atoms with E-state index in [1.54, 1.807) is 19.2 Å². The standard InChI is InChI=1S/C17H15FN4O3S/c1-22-11-14(10-19-22)26(24,25)21-16-5-3-2-4-15(16)17(23)20-13-8-6-12(18)7-9-13/h2-11,21H,1H3,(H,20,23). The Morgan fingerprint density at radius 3 is 2.46 bits per heavy atom. The van der Waals surface area contributed by atoms with Crippen LogP contribution in [0.3, 0.4) is 0 Å². The Bertz CT molecular complexity index is 1050. The highest BCUT2D eigenvalue weighted by Gasteiger charge is 2.20. The Hall–Kier alpha value is -3.20. The summed E-state index contributed by atoms with van der Waals surface area (Å²) in [4.78, 5) is 12.5. The van der Waals surface area contributed by atoms with Crippen LogP contribution in [-0.2, 0) is 17.1 Å². The minimum atomic E-state index is -3.89. The van der Waals surface area contributed by atoms with Crippen molar-refractivity contribution >= 4 is 27.3 Å². The second-order valence-corrected chi connectivity index (χ2v) is 7.14. The van der Waals surface area contributed by atoms with Gasteiger partial charge in [0.05, 0.1) is 17.4 Å². The maximum Gasteiger partial charge on any atom is 0.265 e. The molecule has 0 saturated carbocycles. The predicted octanol–water partition coefficient (Wildman–Crippen LogP) is 2.61. The molecule has 1 heterocycles. The van der Waals surface area contributed by atoms with Crippen LogP contribution in [-0.4, -0.2) is 24.1 Å². The predicted molar refractivity (Wildman–Crippen MR) is 94.8 cm³/mol. The Morgan fingerprint density at radius 2 is 1.81 bits per heavy atom. The molecule has 0 bridgehead atoms. The molecular weight excluding hydrogens is 359 g/mol. The van der Waals surface area contributed by atoms with Crippen LogP contribution >= 0.6 is 0 Å². The number of carbonyl (C=O) groups excluding carboxylic acids is 1. The van der Waals surface area contributed by atoms with Crippen LogP contribution < -0.4 is 10.0 Å². The van der Waals surface area contributed by atoms with Crippen molar-refractivity contribution in [3.05, 3.63) is 72.3 Å². The highest BCUT2D eigenvalue weighted by molar-refractivity contribution is 7.92. The summed E-state index contributed by atoms with van der Waals surface area (Å²) in [6, 6.07) is 11.4. The Balaban J connectivity index is 1.86. The Morgan fingerprint density at radius 1 is 1.12 bits per heavy atom. The van der Waals surface area contributed by atoms with Crippen molar-refractivity contribution < 1.29 is 17.6 Å². The van der Waals surface area contributed by atoms with Gasteiger partial charge in [-0.3, -0.25) is 14.2 Å². The fraction of sp³-hybridized carbons (Fsp3) is 0.0588. The van der Waals surface area contributed by atoms with E-state index in [-0.39, 0.29) is 16.1 Å². The summed E-state index contributed by atoms with van der Waals surface area (Å²) in [5.41, 5.74) is 0.640. The number of hydrogen-bond donors (Lipinski definition) is 2. The first-order valence-electron chi connectivity index (χ1n) is 7.52. The summed E-state index contributed by atoms with van der Waals surface area (Å²) in [7, 11) is -2.29. The van der Waals surface area contributed by atoms with Crippen LogP contribution in [0.4, 0.5) is 15.8 Å². The Kier molecular flexibility index (Phi) is 4.72. The number of nitrogens with one attached hydrogen (secondary N) is 2. The number of sulfonamides is 1. The van der Waals surface area contributed by atoms with E-state index in [2.05, 4.69) is 15.1 Å². The van der Waals surface area contributed by atoms with Gasteiger partial charge in [-0.2, -0.15) is 5.10 Å². The number of para-hydroxylation sites is 1. The van der Waals surface area contributed by atoms with Crippen molar-refractivity contribution in [2.24, 2.45) is 7.05 Å². The fourth-order valence-corrected chi connectivity index (χ4v) is 3.31. The normalized spacial score (nSPS) is 11.2. The number of benzene rings is 2. The molecule has 0 saturated heterocycles. The molecule has 0 radical (unpaired) electrons. The third kappa shape index (κ3) is 3.89. The van der Waals surface area contributed by atoms with E-state index in [1.165, 1.54) is 53.5 Å². The summed E-state index contributed by atoms with van der Waals surface area (Å²) in [5.74, 6) is -0.950. The van der Waals surface area contributed by atoms with Gasteiger partial charge in [-0.25, -0.2) is 12.8 Å². The first kappa shape index (κ1) is 17.6. The van der Waals surface area contributed by atoms with Crippen LogP contribution in [0.1, 0.15) is 10.4 Å². The molecule has 0 aliphatic heterocycles. The SMILES string of the molecule is Cn1cc(S(=O)(=O)Nc2ccccc2C(=O)Nc2ccc(F)cc2)cn1. The molecule has 3 rings (SSSR count). The van der Waals surface area contributed by atoms with Crippen molar-refractivity contribution in [1.29, 1.82) is 0 Å². The van der Waals surface area contributed by atoms with Gasteiger partial charge < -0.3 is 5.32 Å². The maximum atomic E-state index is 13.0. The highest BCUT2D eigenvalue weighted by Crippen LogP contribution is 2.21. The first-order valence-corrected chi connectivity index (χ1v) is 9.01. The number of carbonyl (C=O) groups is 1. The molecule has 3 aromatic rings. The van der Waals surface area contributed by atoms with E-state index in [0.717, 1.165) is 0 Å². The van der Waals surface area contributed by atoms with Gasteiger partial charge in [0.25, 0.3) is 15.9 Å². The van der Waals surface area contributed by atoms with Gasteiger partial charge in [0.15, 0.2) is 0 Å². The minimum Gasteiger partial charge on any atom is -0.322 e. The molecule has 0 atom stereocenters. The van der Waals surface area contributed by atoms with Crippen LogP contribution in [0.2, 0.25) is 0 Å². The number of hydrogen-bond acceptors (Lipinski definition) is 4. The van der Waals surface area contributed by atoms with E-state index >= 15 is 0 Å². The van der Waals surface area contributed by atoms with E-state index in [4.69, 9.17) is 0 Å². The zero-order valence-corrected chi connectivity index (χ0v) is 14.5. The van der Waals surface area contributed by atoms with E-state index in [9.17, 15) is 17.6 Å². The molecule has 0 aliphatic rings. The summed E-state index contributed by atoms with van der Waals surface area (Å²) < 4.78 is 41.6. The first-order chi connectivity index (χ1) is 12.3. The largest absolute Gasteiger partial charge is 0.322 e. The van der Waals surface area contributed by atoms with Crippen molar-refractivity contribution in [2.75, 3.05) is 10.0 Å². The molecule has 26 heavy (non-hydrogen) atoms. The van der Waals surface area contributed by atoms with E-state index < -0.39 is 21.7 Å². The van der Waals surface area contributed by atoms with E-state index in [0.29, 0.717) is 5.69 Å². The van der Waals surface area contributed by atoms with Gasteiger partial charge in [-0.15, -0.1) is 0 Å². The smallest absolute Gasteiger partial charge is 0.265 e. The molecular formula is C17H15FN4O3S. The van der Waals surface area contributed by atoms with Crippen molar-refractivity contribution in [3.63, 3.8) is 0 Å². The molecule has 7 nitrogen and oxygen atoms in total. The summed E-state index contributed by atoms with van der Waals surface area (Å²) >= 11 is 0. The van der Waals surface area contributed by atoms with Gasteiger partial charge in [-0.1, -0.05) is 12.1 Å². The van der Waals surface area contributed by atoms with Crippen molar-refractivity contribution in [3.8, 4) is 0 Å². The monoisotopic (exact) mass is 374 g/mol. The fourth-order valence-electron chi connectivity index (χ4n) is 2.24. The molecule has 0 spiro atoms.